The van der Waals surface area contributed by atoms with E-state index in [4.69, 9.17) is 10.5 Å². The lowest BCUT2D eigenvalue weighted by atomic mass is 10.1. The van der Waals surface area contributed by atoms with Gasteiger partial charge in [-0.2, -0.15) is 13.2 Å². The summed E-state index contributed by atoms with van der Waals surface area (Å²) in [5, 5.41) is 2.11. The molecule has 0 fully saturated rings. The molecule has 0 spiro atoms. The molecule has 1 aliphatic rings. The zero-order valence-electron chi connectivity index (χ0n) is 17.7. The SMILES string of the molecule is CCOC(=O)c1nc2cccc(C(F)(F)F)c2c(=O)[nH]1.Cl.NCc1ccc2c(c1)NC(=O)CO2. The molecule has 4 rings (SSSR count). The monoisotopic (exact) mass is 500 g/mol. The zero-order valence-corrected chi connectivity index (χ0v) is 18.5. The molecular formula is C21H20ClF3N4O5. The van der Waals surface area contributed by atoms with Crippen LogP contribution in [0.25, 0.3) is 10.9 Å². The summed E-state index contributed by atoms with van der Waals surface area (Å²) < 4.78 is 48.2. The predicted octanol–water partition coefficient (Wildman–Crippen LogP) is 3.02. The number of rotatable bonds is 3. The Hall–Kier alpha value is -3.64. The molecule has 2 heterocycles. The van der Waals surface area contributed by atoms with Crippen molar-refractivity contribution in [3.8, 4) is 5.75 Å². The number of carbonyl (C=O) groups is 2. The summed E-state index contributed by atoms with van der Waals surface area (Å²) in [6, 6.07) is 8.65. The molecule has 0 saturated carbocycles. The third kappa shape index (κ3) is 6.02. The topological polar surface area (TPSA) is 136 Å². The van der Waals surface area contributed by atoms with E-state index in [1.807, 2.05) is 23.2 Å². The van der Waals surface area contributed by atoms with Crippen molar-refractivity contribution in [2.75, 3.05) is 18.5 Å². The summed E-state index contributed by atoms with van der Waals surface area (Å²) in [5.41, 5.74) is 4.80. The van der Waals surface area contributed by atoms with Gasteiger partial charge in [-0.3, -0.25) is 9.59 Å². The summed E-state index contributed by atoms with van der Waals surface area (Å²) in [5.74, 6) is -0.744. The zero-order chi connectivity index (χ0) is 24.2. The van der Waals surface area contributed by atoms with Gasteiger partial charge in [0.2, 0.25) is 5.82 Å². The highest BCUT2D eigenvalue weighted by Gasteiger charge is 2.34. The number of ether oxygens (including phenoxy) is 2. The number of carbonyl (C=O) groups excluding carboxylic acids is 2. The third-order valence-corrected chi connectivity index (χ3v) is 4.42. The number of alkyl halides is 3. The first-order valence-corrected chi connectivity index (χ1v) is 9.67. The second-order valence-electron chi connectivity index (χ2n) is 6.70. The number of nitrogens with two attached hydrogens (primary N) is 1. The van der Waals surface area contributed by atoms with Crippen LogP contribution in [0, 0.1) is 0 Å². The molecule has 1 aliphatic heterocycles. The van der Waals surface area contributed by atoms with E-state index >= 15 is 0 Å². The summed E-state index contributed by atoms with van der Waals surface area (Å²) >= 11 is 0. The molecule has 9 nitrogen and oxygen atoms in total. The predicted molar refractivity (Wildman–Crippen MR) is 119 cm³/mol. The van der Waals surface area contributed by atoms with Crippen molar-refractivity contribution < 1.29 is 32.2 Å². The maximum Gasteiger partial charge on any atom is 0.417 e. The molecule has 1 aromatic heterocycles. The highest BCUT2D eigenvalue weighted by Crippen LogP contribution is 2.32. The first-order valence-electron chi connectivity index (χ1n) is 9.67. The molecule has 0 radical (unpaired) electrons. The van der Waals surface area contributed by atoms with Crippen LogP contribution in [0.2, 0.25) is 0 Å². The molecule has 2 aromatic carbocycles. The number of esters is 1. The molecule has 4 N–H and O–H groups in total. The van der Waals surface area contributed by atoms with Gasteiger partial charge in [-0.15, -0.1) is 12.4 Å². The number of halogens is 4. The van der Waals surface area contributed by atoms with Crippen molar-refractivity contribution in [3.05, 3.63) is 63.7 Å². The van der Waals surface area contributed by atoms with E-state index < -0.39 is 34.5 Å². The van der Waals surface area contributed by atoms with Gasteiger partial charge in [0.05, 0.1) is 28.8 Å². The van der Waals surface area contributed by atoms with Gasteiger partial charge < -0.3 is 25.5 Å². The van der Waals surface area contributed by atoms with E-state index in [0.29, 0.717) is 18.0 Å². The highest BCUT2D eigenvalue weighted by molar-refractivity contribution is 5.95. The van der Waals surface area contributed by atoms with Crippen LogP contribution in [0.15, 0.2) is 41.2 Å². The molecule has 0 unspecified atom stereocenters. The summed E-state index contributed by atoms with van der Waals surface area (Å²) in [7, 11) is 0. The fraction of sp³-hybridized carbons (Fsp3) is 0.238. The van der Waals surface area contributed by atoms with Crippen molar-refractivity contribution in [1.82, 2.24) is 9.97 Å². The molecule has 13 heteroatoms. The van der Waals surface area contributed by atoms with Gasteiger partial charge in [0.1, 0.15) is 5.75 Å². The fourth-order valence-electron chi connectivity index (χ4n) is 2.98. The Bertz CT molecular complexity index is 1260. The molecule has 0 atom stereocenters. The van der Waals surface area contributed by atoms with Crippen molar-refractivity contribution in [1.29, 1.82) is 0 Å². The van der Waals surface area contributed by atoms with E-state index in [0.717, 1.165) is 17.7 Å². The largest absolute Gasteiger partial charge is 0.482 e. The number of nitrogens with zero attached hydrogens (tertiary/aromatic N) is 1. The molecule has 0 aliphatic carbocycles. The van der Waals surface area contributed by atoms with Crippen LogP contribution >= 0.6 is 12.4 Å². The standard InChI is InChI=1S/C12H9F3N2O3.C9H10N2O2.ClH/c1-2-20-11(19)9-16-7-5-3-4-6(12(13,14)15)8(7)10(18)17-9;10-4-6-1-2-8-7(3-6)11-9(12)5-13-8;/h3-5H,2H2,1H3,(H,16,17,18);1-3H,4-5,10H2,(H,11,12);1H. The highest BCUT2D eigenvalue weighted by atomic mass is 35.5. The number of anilines is 1. The van der Waals surface area contributed by atoms with Crippen LogP contribution in [-0.4, -0.2) is 35.1 Å². The minimum Gasteiger partial charge on any atom is -0.482 e. The lowest BCUT2D eigenvalue weighted by Gasteiger charge is -2.18. The number of hydrogen-bond acceptors (Lipinski definition) is 7. The number of amides is 1. The van der Waals surface area contributed by atoms with Gasteiger partial charge in [-0.05, 0) is 36.8 Å². The van der Waals surface area contributed by atoms with Gasteiger partial charge >= 0.3 is 12.1 Å². The lowest BCUT2D eigenvalue weighted by Crippen LogP contribution is -2.25. The van der Waals surface area contributed by atoms with Crippen LogP contribution in [-0.2, 0) is 22.3 Å². The summed E-state index contributed by atoms with van der Waals surface area (Å²) in [6.45, 7) is 2.17. The van der Waals surface area contributed by atoms with Crippen LogP contribution in [0.4, 0.5) is 18.9 Å². The van der Waals surface area contributed by atoms with Crippen molar-refractivity contribution in [3.63, 3.8) is 0 Å². The smallest absolute Gasteiger partial charge is 0.417 e. The molecule has 0 saturated heterocycles. The normalized spacial score (nSPS) is 12.3. The number of fused-ring (bicyclic) bond motifs is 2. The Labute approximate surface area is 196 Å². The number of H-pyrrole nitrogens is 1. The quantitative estimate of drug-likeness (QED) is 0.470. The molecule has 182 valence electrons. The van der Waals surface area contributed by atoms with Gasteiger partial charge in [-0.1, -0.05) is 12.1 Å². The van der Waals surface area contributed by atoms with Gasteiger partial charge in [0.15, 0.2) is 6.61 Å². The Morgan fingerprint density at radius 1 is 1.24 bits per heavy atom. The Morgan fingerprint density at radius 2 is 1.97 bits per heavy atom. The average Bonchev–Trinajstić information content (AvgIpc) is 2.78. The van der Waals surface area contributed by atoms with E-state index in [-0.39, 0.29) is 37.0 Å². The van der Waals surface area contributed by atoms with E-state index in [1.54, 1.807) is 6.92 Å². The number of benzene rings is 2. The summed E-state index contributed by atoms with van der Waals surface area (Å²) in [6.07, 6.45) is -4.68. The third-order valence-electron chi connectivity index (χ3n) is 4.42. The summed E-state index contributed by atoms with van der Waals surface area (Å²) in [4.78, 5) is 39.9. The van der Waals surface area contributed by atoms with Crippen molar-refractivity contribution >= 4 is 40.9 Å². The fourth-order valence-corrected chi connectivity index (χ4v) is 2.98. The molecule has 3 aromatic rings. The number of hydrogen-bond donors (Lipinski definition) is 3. The Kier molecular flexibility index (Phi) is 8.60. The Balaban J connectivity index is 0.000000253. The number of aromatic nitrogens is 2. The van der Waals surface area contributed by atoms with Crippen LogP contribution in [0.5, 0.6) is 5.75 Å². The van der Waals surface area contributed by atoms with E-state index in [1.165, 1.54) is 6.07 Å². The first kappa shape index (κ1) is 26.6. The molecule has 0 bridgehead atoms. The second kappa shape index (κ2) is 11.0. The van der Waals surface area contributed by atoms with E-state index in [9.17, 15) is 27.6 Å². The molecule has 34 heavy (non-hydrogen) atoms. The molecule has 1 amide bonds. The van der Waals surface area contributed by atoms with Gasteiger partial charge in [-0.25, -0.2) is 9.78 Å². The van der Waals surface area contributed by atoms with Crippen LogP contribution < -0.4 is 21.3 Å². The Morgan fingerprint density at radius 3 is 2.62 bits per heavy atom. The van der Waals surface area contributed by atoms with Gasteiger partial charge in [0, 0.05) is 6.54 Å². The maximum absolute atomic E-state index is 12.8. The number of aromatic amines is 1. The van der Waals surface area contributed by atoms with E-state index in [2.05, 4.69) is 15.0 Å². The van der Waals surface area contributed by atoms with Crippen molar-refractivity contribution in [2.24, 2.45) is 5.73 Å². The number of nitrogens with one attached hydrogen (secondary N) is 2. The van der Waals surface area contributed by atoms with Crippen molar-refractivity contribution in [2.45, 2.75) is 19.6 Å². The average molecular weight is 501 g/mol. The lowest BCUT2D eigenvalue weighted by molar-refractivity contribution is -0.136. The maximum atomic E-state index is 12.8. The first-order chi connectivity index (χ1) is 15.6. The van der Waals surface area contributed by atoms with Crippen LogP contribution in [0.3, 0.4) is 0 Å². The second-order valence-corrected chi connectivity index (χ2v) is 6.70. The minimum atomic E-state index is -4.68. The molecular weight excluding hydrogens is 481 g/mol. The van der Waals surface area contributed by atoms with Gasteiger partial charge in [0.25, 0.3) is 11.5 Å². The van der Waals surface area contributed by atoms with Crippen LogP contribution in [0.1, 0.15) is 28.7 Å². The minimum absolute atomic E-state index is 0.